The Labute approximate surface area is 125 Å². The number of halogens is 4. The molecule has 0 aliphatic rings. The van der Waals surface area contributed by atoms with Crippen LogP contribution < -0.4 is 4.90 Å². The number of nitrogens with zero attached hydrogens (tertiary/aromatic N) is 2. The molecule has 0 bridgehead atoms. The highest BCUT2D eigenvalue weighted by molar-refractivity contribution is 7.92. The van der Waals surface area contributed by atoms with Gasteiger partial charge in [-0.15, -0.1) is 0 Å². The number of carbonyl (C=O) groups excluding carboxylic acids is 1. The van der Waals surface area contributed by atoms with Gasteiger partial charge in [0.05, 0.1) is 12.2 Å². The second-order valence-electron chi connectivity index (χ2n) is 4.71. The highest BCUT2D eigenvalue weighted by Crippen LogP contribution is 2.35. The number of rotatable bonds is 4. The molecule has 22 heavy (non-hydrogen) atoms. The molecule has 0 aliphatic heterocycles. The highest BCUT2D eigenvalue weighted by atomic mass is 32.2. The Morgan fingerprint density at radius 1 is 1.18 bits per heavy atom. The van der Waals surface area contributed by atoms with E-state index in [1.54, 1.807) is 0 Å². The van der Waals surface area contributed by atoms with Gasteiger partial charge in [-0.3, -0.25) is 4.79 Å². The Morgan fingerprint density at radius 3 is 2.18 bits per heavy atom. The number of hydrogen-bond acceptors (Lipinski definition) is 4. The van der Waals surface area contributed by atoms with Crippen molar-refractivity contribution < 1.29 is 30.8 Å². The third kappa shape index (κ3) is 3.67. The summed E-state index contributed by atoms with van der Waals surface area (Å²) in [4.78, 5) is 12.6. The van der Waals surface area contributed by atoms with Crippen LogP contribution >= 0.6 is 0 Å². The van der Waals surface area contributed by atoms with Crippen molar-refractivity contribution in [3.05, 3.63) is 24.0 Å². The van der Waals surface area contributed by atoms with Gasteiger partial charge in [0.15, 0.2) is 0 Å². The van der Waals surface area contributed by atoms with Crippen molar-refractivity contribution in [2.75, 3.05) is 32.6 Å². The first-order valence-electron chi connectivity index (χ1n) is 5.90. The number of amides is 1. The monoisotopic (exact) mass is 342 g/mol. The van der Waals surface area contributed by atoms with Gasteiger partial charge in [0, 0.05) is 21.1 Å². The van der Waals surface area contributed by atoms with Crippen LogP contribution in [0.1, 0.15) is 0 Å². The molecule has 0 spiro atoms. The summed E-state index contributed by atoms with van der Waals surface area (Å²) in [5.74, 6) is -1.58. The summed E-state index contributed by atoms with van der Waals surface area (Å²) in [6.45, 7) is -0.362. The molecule has 0 unspecified atom stereocenters. The Balaban J connectivity index is 3.37. The number of likely N-dealkylation sites (N-methyl/N-ethyl adjacent to an activating group) is 2. The van der Waals surface area contributed by atoms with E-state index in [4.69, 9.17) is 0 Å². The first-order chi connectivity index (χ1) is 9.87. The number of benzene rings is 1. The fraction of sp³-hybridized carbons (Fsp3) is 0.417. The van der Waals surface area contributed by atoms with Gasteiger partial charge >= 0.3 is 5.51 Å². The van der Waals surface area contributed by atoms with Gasteiger partial charge in [-0.25, -0.2) is 12.8 Å². The fourth-order valence-corrected chi connectivity index (χ4v) is 2.59. The van der Waals surface area contributed by atoms with Crippen LogP contribution in [0, 0.1) is 5.82 Å². The van der Waals surface area contributed by atoms with Crippen LogP contribution in [0.2, 0.25) is 0 Å². The van der Waals surface area contributed by atoms with Crippen LogP contribution in [0.4, 0.5) is 23.2 Å². The molecule has 1 aromatic rings. The molecule has 0 fully saturated rings. The molecule has 0 atom stereocenters. The average molecular weight is 342 g/mol. The molecule has 0 saturated carbocycles. The van der Waals surface area contributed by atoms with Crippen molar-refractivity contribution in [3.63, 3.8) is 0 Å². The summed E-state index contributed by atoms with van der Waals surface area (Å²) in [5, 5.41) is 0. The second-order valence-corrected chi connectivity index (χ2v) is 6.62. The van der Waals surface area contributed by atoms with Gasteiger partial charge in [0.2, 0.25) is 5.91 Å². The van der Waals surface area contributed by atoms with Crippen molar-refractivity contribution in [1.29, 1.82) is 0 Å². The van der Waals surface area contributed by atoms with Gasteiger partial charge in [-0.2, -0.15) is 13.2 Å². The van der Waals surface area contributed by atoms with E-state index in [0.29, 0.717) is 0 Å². The number of hydrogen-bond donors (Lipinski definition) is 0. The van der Waals surface area contributed by atoms with E-state index in [0.717, 1.165) is 17.0 Å². The van der Waals surface area contributed by atoms with E-state index in [1.165, 1.54) is 26.0 Å². The van der Waals surface area contributed by atoms with Crippen molar-refractivity contribution in [1.82, 2.24) is 4.90 Å². The van der Waals surface area contributed by atoms with Crippen molar-refractivity contribution in [2.45, 2.75) is 10.4 Å². The molecule has 0 saturated heterocycles. The molecule has 0 aromatic heterocycles. The number of anilines is 1. The topological polar surface area (TPSA) is 57.7 Å². The molecule has 124 valence electrons. The van der Waals surface area contributed by atoms with Crippen LogP contribution in [0.3, 0.4) is 0 Å². The summed E-state index contributed by atoms with van der Waals surface area (Å²) < 4.78 is 74.3. The molecule has 1 aromatic carbocycles. The van der Waals surface area contributed by atoms with Crippen molar-refractivity contribution in [3.8, 4) is 0 Å². The minimum absolute atomic E-state index is 0.287. The molecule has 0 heterocycles. The van der Waals surface area contributed by atoms with Gasteiger partial charge in [-0.05, 0) is 18.2 Å². The first-order valence-corrected chi connectivity index (χ1v) is 7.38. The largest absolute Gasteiger partial charge is 0.501 e. The predicted octanol–water partition coefficient (Wildman–Crippen LogP) is 1.64. The molecule has 1 amide bonds. The Hall–Kier alpha value is -1.84. The normalized spacial score (nSPS) is 12.1. The molecule has 1 rings (SSSR count). The van der Waals surface area contributed by atoms with Crippen LogP contribution in [0.25, 0.3) is 0 Å². The van der Waals surface area contributed by atoms with Crippen LogP contribution in [0.5, 0.6) is 0 Å². The van der Waals surface area contributed by atoms with E-state index in [9.17, 15) is 30.8 Å². The Bertz CT molecular complexity index is 671. The Morgan fingerprint density at radius 2 is 1.73 bits per heavy atom. The summed E-state index contributed by atoms with van der Waals surface area (Å²) in [7, 11) is -1.62. The third-order valence-corrected chi connectivity index (χ3v) is 4.31. The lowest BCUT2D eigenvalue weighted by Crippen LogP contribution is -2.35. The molecule has 0 radical (unpaired) electrons. The smallest absolute Gasteiger partial charge is 0.364 e. The second kappa shape index (κ2) is 6.11. The SMILES string of the molecule is CN(C)C(=O)CN(C)c1ccc(F)cc1S(=O)(=O)C(F)(F)F. The van der Waals surface area contributed by atoms with Gasteiger partial charge in [-0.1, -0.05) is 0 Å². The lowest BCUT2D eigenvalue weighted by Gasteiger charge is -2.23. The summed E-state index contributed by atoms with van der Waals surface area (Å²) >= 11 is 0. The summed E-state index contributed by atoms with van der Waals surface area (Å²) in [6.07, 6.45) is 0. The van der Waals surface area contributed by atoms with E-state index in [-0.39, 0.29) is 12.6 Å². The quantitative estimate of drug-likeness (QED) is 0.781. The minimum atomic E-state index is -5.74. The lowest BCUT2D eigenvalue weighted by molar-refractivity contribution is -0.127. The maximum Gasteiger partial charge on any atom is 0.501 e. The van der Waals surface area contributed by atoms with Crippen LogP contribution in [0.15, 0.2) is 23.1 Å². The molecule has 0 N–H and O–H groups in total. The van der Waals surface area contributed by atoms with Gasteiger partial charge in [0.1, 0.15) is 10.7 Å². The summed E-state index contributed by atoms with van der Waals surface area (Å²) in [5.41, 5.74) is -5.98. The number of alkyl halides is 3. The number of sulfone groups is 1. The minimum Gasteiger partial charge on any atom is -0.364 e. The molecular formula is C12H14F4N2O3S. The molecule has 10 heteroatoms. The molecule has 5 nitrogen and oxygen atoms in total. The summed E-state index contributed by atoms with van der Waals surface area (Å²) in [6, 6.07) is 1.99. The fourth-order valence-electron chi connectivity index (χ4n) is 1.57. The third-order valence-electron chi connectivity index (χ3n) is 2.80. The van der Waals surface area contributed by atoms with Gasteiger partial charge < -0.3 is 9.80 Å². The Kier molecular flexibility index (Phi) is 5.06. The average Bonchev–Trinajstić information content (AvgIpc) is 2.36. The van der Waals surface area contributed by atoms with E-state index in [2.05, 4.69) is 0 Å². The standard InChI is InChI=1S/C12H14F4N2O3S/c1-17(2)11(19)7-18(3)9-5-4-8(13)6-10(9)22(20,21)12(14,15)16/h4-6H,7H2,1-3H3. The van der Waals surface area contributed by atoms with Crippen molar-refractivity contribution in [2.24, 2.45) is 0 Å². The maximum atomic E-state index is 13.2. The molecule has 0 aliphatic carbocycles. The van der Waals surface area contributed by atoms with Gasteiger partial charge in [0.25, 0.3) is 9.84 Å². The maximum absolute atomic E-state index is 13.2. The zero-order valence-corrected chi connectivity index (χ0v) is 12.8. The molecular weight excluding hydrogens is 328 g/mol. The first kappa shape index (κ1) is 18.2. The highest BCUT2D eigenvalue weighted by Gasteiger charge is 2.48. The van der Waals surface area contributed by atoms with E-state index in [1.807, 2.05) is 0 Å². The van der Waals surface area contributed by atoms with Crippen molar-refractivity contribution >= 4 is 21.4 Å². The zero-order chi connectivity index (χ0) is 17.3. The van der Waals surface area contributed by atoms with E-state index >= 15 is 0 Å². The number of carbonyl (C=O) groups is 1. The lowest BCUT2D eigenvalue weighted by atomic mass is 10.3. The predicted molar refractivity (Wildman–Crippen MR) is 71.6 cm³/mol. The van der Waals surface area contributed by atoms with Crippen LogP contribution in [-0.4, -0.2) is 52.4 Å². The van der Waals surface area contributed by atoms with E-state index < -0.39 is 37.7 Å². The van der Waals surface area contributed by atoms with Crippen LogP contribution in [-0.2, 0) is 14.6 Å². The zero-order valence-electron chi connectivity index (χ0n) is 12.0.